The smallest absolute Gasteiger partial charge is 0.271 e. The third kappa shape index (κ3) is 2.05. The minimum Gasteiger partial charge on any atom is -0.366 e. The molecule has 0 fully saturated rings. The zero-order valence-electron chi connectivity index (χ0n) is 8.63. The Bertz CT molecular complexity index is 637. The van der Waals surface area contributed by atoms with Crippen molar-refractivity contribution >= 4 is 5.91 Å². The van der Waals surface area contributed by atoms with E-state index in [0.717, 1.165) is 10.7 Å². The number of amides is 1. The van der Waals surface area contributed by atoms with Gasteiger partial charge in [0.05, 0.1) is 11.3 Å². The first-order chi connectivity index (χ1) is 8.09. The largest absolute Gasteiger partial charge is 0.366 e. The van der Waals surface area contributed by atoms with Crippen molar-refractivity contribution in [3.8, 4) is 5.69 Å². The van der Waals surface area contributed by atoms with E-state index < -0.39 is 11.7 Å². The molecule has 17 heavy (non-hydrogen) atoms. The molecule has 1 amide bonds. The molecule has 0 aliphatic rings. The van der Waals surface area contributed by atoms with Gasteiger partial charge in [0, 0.05) is 12.3 Å². The van der Waals surface area contributed by atoms with Crippen molar-refractivity contribution in [1.82, 2.24) is 9.78 Å². The number of nitrogens with two attached hydrogens (primary N) is 1. The molecule has 2 N–H and O–H groups in total. The first-order valence-corrected chi connectivity index (χ1v) is 4.73. The molecule has 0 spiro atoms. The van der Waals surface area contributed by atoms with E-state index in [1.54, 1.807) is 0 Å². The maximum atomic E-state index is 13.2. The maximum absolute atomic E-state index is 13.2. The summed E-state index contributed by atoms with van der Waals surface area (Å²) in [5, 5.41) is 3.81. The Balaban J connectivity index is 2.62. The fourth-order valence-electron chi connectivity index (χ4n) is 1.39. The normalized spacial score (nSPS) is 10.2. The summed E-state index contributed by atoms with van der Waals surface area (Å²) in [7, 11) is 0. The molecule has 0 atom stereocenters. The molecule has 0 bridgehead atoms. The van der Waals surface area contributed by atoms with Crippen molar-refractivity contribution in [2.75, 3.05) is 0 Å². The van der Waals surface area contributed by atoms with Crippen molar-refractivity contribution in [2.24, 2.45) is 5.73 Å². The van der Waals surface area contributed by atoms with Crippen LogP contribution >= 0.6 is 0 Å². The van der Waals surface area contributed by atoms with Gasteiger partial charge in [0.2, 0.25) is 0 Å². The van der Waals surface area contributed by atoms with Crippen molar-refractivity contribution in [3.63, 3.8) is 0 Å². The summed E-state index contributed by atoms with van der Waals surface area (Å²) in [6.45, 7) is 0. The molecule has 2 aromatic rings. The molecule has 0 unspecified atom stereocenters. The molecule has 0 saturated carbocycles. The first-order valence-electron chi connectivity index (χ1n) is 4.73. The number of rotatable bonds is 2. The van der Waals surface area contributed by atoms with E-state index in [4.69, 9.17) is 5.73 Å². The van der Waals surface area contributed by atoms with Crippen LogP contribution in [0.4, 0.5) is 4.39 Å². The molecular formula is C11H8FN3O2. The Morgan fingerprint density at radius 2 is 2.12 bits per heavy atom. The van der Waals surface area contributed by atoms with E-state index in [1.807, 2.05) is 0 Å². The van der Waals surface area contributed by atoms with Crippen molar-refractivity contribution in [3.05, 3.63) is 58.3 Å². The lowest BCUT2D eigenvalue weighted by Crippen LogP contribution is -2.20. The minimum absolute atomic E-state index is 0.278. The number of carbonyl (C=O) groups is 1. The lowest BCUT2D eigenvalue weighted by molar-refractivity contribution is 0.0996. The predicted octanol–water partition coefficient (Wildman–Crippen LogP) is 0.470. The fourth-order valence-corrected chi connectivity index (χ4v) is 1.39. The number of primary amides is 1. The highest BCUT2D eigenvalue weighted by atomic mass is 19.1. The Morgan fingerprint density at radius 1 is 1.35 bits per heavy atom. The number of hydrogen-bond donors (Lipinski definition) is 1. The van der Waals surface area contributed by atoms with Crippen LogP contribution in [0.2, 0.25) is 0 Å². The highest BCUT2D eigenvalue weighted by Crippen LogP contribution is 2.11. The molecule has 2 rings (SSSR count). The maximum Gasteiger partial charge on any atom is 0.271 e. The zero-order valence-corrected chi connectivity index (χ0v) is 8.63. The molecule has 0 aliphatic heterocycles. The van der Waals surface area contributed by atoms with Crippen LogP contribution in [0.15, 0.2) is 41.3 Å². The van der Waals surface area contributed by atoms with Gasteiger partial charge in [-0.25, -0.2) is 4.39 Å². The van der Waals surface area contributed by atoms with Gasteiger partial charge in [0.25, 0.3) is 11.5 Å². The zero-order chi connectivity index (χ0) is 12.4. The molecule has 5 nitrogen and oxygen atoms in total. The second-order valence-electron chi connectivity index (χ2n) is 3.30. The van der Waals surface area contributed by atoms with Gasteiger partial charge in [-0.15, -0.1) is 0 Å². The van der Waals surface area contributed by atoms with Crippen molar-refractivity contribution < 1.29 is 9.18 Å². The minimum atomic E-state index is -0.895. The average Bonchev–Trinajstić information content (AvgIpc) is 2.30. The Kier molecular flexibility index (Phi) is 2.70. The van der Waals surface area contributed by atoms with Gasteiger partial charge in [-0.1, -0.05) is 0 Å². The van der Waals surface area contributed by atoms with Crippen LogP contribution < -0.4 is 11.3 Å². The second-order valence-corrected chi connectivity index (χ2v) is 3.30. The van der Waals surface area contributed by atoms with Crippen molar-refractivity contribution in [2.45, 2.75) is 0 Å². The van der Waals surface area contributed by atoms with E-state index in [0.29, 0.717) is 0 Å². The van der Waals surface area contributed by atoms with Gasteiger partial charge in [-0.3, -0.25) is 9.59 Å². The molecule has 6 heteroatoms. The third-order valence-electron chi connectivity index (χ3n) is 2.18. The second kappa shape index (κ2) is 4.17. The van der Waals surface area contributed by atoms with Gasteiger partial charge in [-0.05, 0) is 24.3 Å². The molecule has 0 saturated heterocycles. The summed E-state index contributed by atoms with van der Waals surface area (Å²) >= 11 is 0. The van der Waals surface area contributed by atoms with E-state index in [1.165, 1.54) is 30.5 Å². The summed E-state index contributed by atoms with van der Waals surface area (Å²) in [6.07, 6.45) is 1.41. The first kappa shape index (κ1) is 11.0. The molecule has 1 aromatic carbocycles. The Hall–Kier alpha value is -2.50. The highest BCUT2D eigenvalue weighted by molar-refractivity contribution is 5.93. The van der Waals surface area contributed by atoms with Crippen LogP contribution in [0, 0.1) is 5.82 Å². The van der Waals surface area contributed by atoms with E-state index in [9.17, 15) is 14.0 Å². The number of carbonyl (C=O) groups excluding carboxylic acids is 1. The van der Waals surface area contributed by atoms with Crippen LogP contribution in [0.25, 0.3) is 5.69 Å². The van der Waals surface area contributed by atoms with Crippen molar-refractivity contribution in [1.29, 1.82) is 0 Å². The van der Waals surface area contributed by atoms with E-state index in [2.05, 4.69) is 5.10 Å². The Morgan fingerprint density at radius 3 is 2.76 bits per heavy atom. The SMILES string of the molecule is NC(=O)c1cc(-n2ncccc2=O)ccc1F. The van der Waals surface area contributed by atoms with Gasteiger partial charge in [-0.2, -0.15) is 9.78 Å². The molecular weight excluding hydrogens is 225 g/mol. The summed E-state index contributed by atoms with van der Waals surface area (Å²) < 4.78 is 14.3. The summed E-state index contributed by atoms with van der Waals surface area (Å²) in [6, 6.07) is 6.39. The summed E-state index contributed by atoms with van der Waals surface area (Å²) in [5.41, 5.74) is 4.64. The molecule has 0 radical (unpaired) electrons. The quantitative estimate of drug-likeness (QED) is 0.818. The Labute approximate surface area is 95.3 Å². The summed E-state index contributed by atoms with van der Waals surface area (Å²) in [4.78, 5) is 22.4. The highest BCUT2D eigenvalue weighted by Gasteiger charge is 2.10. The van der Waals surface area contributed by atoms with E-state index in [-0.39, 0.29) is 16.8 Å². The lowest BCUT2D eigenvalue weighted by atomic mass is 10.2. The number of hydrogen-bond acceptors (Lipinski definition) is 3. The average molecular weight is 233 g/mol. The number of halogens is 1. The van der Waals surface area contributed by atoms with E-state index >= 15 is 0 Å². The van der Waals surface area contributed by atoms with Crippen LogP contribution in [-0.2, 0) is 0 Å². The molecule has 86 valence electrons. The van der Waals surface area contributed by atoms with Crippen LogP contribution in [0.5, 0.6) is 0 Å². The topological polar surface area (TPSA) is 78.0 Å². The van der Waals surface area contributed by atoms with Crippen LogP contribution in [0.1, 0.15) is 10.4 Å². The predicted molar refractivity (Wildman–Crippen MR) is 58.3 cm³/mol. The number of nitrogens with zero attached hydrogens (tertiary/aromatic N) is 2. The monoisotopic (exact) mass is 233 g/mol. The number of benzene rings is 1. The fraction of sp³-hybridized carbons (Fsp3) is 0. The molecule has 0 aliphatic carbocycles. The van der Waals surface area contributed by atoms with Crippen LogP contribution in [0.3, 0.4) is 0 Å². The summed E-state index contributed by atoms with van der Waals surface area (Å²) in [5.74, 6) is -1.63. The lowest BCUT2D eigenvalue weighted by Gasteiger charge is -2.05. The van der Waals surface area contributed by atoms with Crippen LogP contribution in [-0.4, -0.2) is 15.7 Å². The molecule has 1 aromatic heterocycles. The molecule has 1 heterocycles. The van der Waals surface area contributed by atoms with Gasteiger partial charge >= 0.3 is 0 Å². The number of aromatic nitrogens is 2. The van der Waals surface area contributed by atoms with Gasteiger partial charge < -0.3 is 5.73 Å². The standard InChI is InChI=1S/C11H8FN3O2/c12-9-4-3-7(6-8(9)11(13)17)15-10(16)2-1-5-14-15/h1-6H,(H2,13,17). The third-order valence-corrected chi connectivity index (χ3v) is 2.18. The van der Waals surface area contributed by atoms with Gasteiger partial charge in [0.1, 0.15) is 5.82 Å². The van der Waals surface area contributed by atoms with Gasteiger partial charge in [0.15, 0.2) is 0 Å².